The molecule has 1 aliphatic heterocycles. The highest BCUT2D eigenvalue weighted by Crippen LogP contribution is 2.06. The summed E-state index contributed by atoms with van der Waals surface area (Å²) in [6, 6.07) is 3.54. The largest absolute Gasteiger partial charge is 0.377 e. The number of hydrogen-bond acceptors (Lipinski definition) is 3. The normalized spacial score (nSPS) is 20.1. The predicted octanol–water partition coefficient (Wildman–Crippen LogP) is 0.794. The van der Waals surface area contributed by atoms with Gasteiger partial charge in [-0.2, -0.15) is 0 Å². The molecule has 0 bridgehead atoms. The van der Waals surface area contributed by atoms with Crippen molar-refractivity contribution in [3.8, 4) is 0 Å². The van der Waals surface area contributed by atoms with Crippen molar-refractivity contribution in [3.05, 3.63) is 34.2 Å². The van der Waals surface area contributed by atoms with Gasteiger partial charge in [-0.05, 0) is 26.3 Å². The van der Waals surface area contributed by atoms with Crippen LogP contribution in [0.3, 0.4) is 0 Å². The number of hydrogen-bond donors (Lipinski definition) is 0. The third-order valence-corrected chi connectivity index (χ3v) is 3.32. The highest BCUT2D eigenvalue weighted by atomic mass is 16.5. The quantitative estimate of drug-likeness (QED) is 0.793. The van der Waals surface area contributed by atoms with E-state index in [9.17, 15) is 9.59 Å². The van der Waals surface area contributed by atoms with Gasteiger partial charge in [0.2, 0.25) is 5.91 Å². The summed E-state index contributed by atoms with van der Waals surface area (Å²) in [6.45, 7) is 5.81. The van der Waals surface area contributed by atoms with E-state index >= 15 is 0 Å². The van der Waals surface area contributed by atoms with Crippen LogP contribution >= 0.6 is 0 Å². The Morgan fingerprint density at radius 1 is 1.53 bits per heavy atom. The van der Waals surface area contributed by atoms with Gasteiger partial charge in [0.15, 0.2) is 0 Å². The van der Waals surface area contributed by atoms with E-state index in [1.807, 2.05) is 6.92 Å². The number of aromatic nitrogens is 1. The Morgan fingerprint density at radius 3 is 3.11 bits per heavy atom. The smallest absolute Gasteiger partial charge is 0.253 e. The number of ether oxygens (including phenoxy) is 1. The van der Waals surface area contributed by atoms with Gasteiger partial charge in [-0.3, -0.25) is 9.59 Å². The first-order chi connectivity index (χ1) is 9.08. The second-order valence-corrected chi connectivity index (χ2v) is 5.00. The Bertz CT molecular complexity index is 510. The highest BCUT2D eigenvalue weighted by molar-refractivity contribution is 5.76. The summed E-state index contributed by atoms with van der Waals surface area (Å²) in [6.07, 6.45) is 2.56. The van der Waals surface area contributed by atoms with Crippen molar-refractivity contribution in [3.63, 3.8) is 0 Å². The topological polar surface area (TPSA) is 51.5 Å². The van der Waals surface area contributed by atoms with E-state index in [0.717, 1.165) is 6.42 Å². The SMILES string of the molecule is Cc1cccn(CC(=O)N2CCCOC(C)C2)c1=O. The van der Waals surface area contributed by atoms with Gasteiger partial charge >= 0.3 is 0 Å². The maximum absolute atomic E-state index is 12.2. The monoisotopic (exact) mass is 264 g/mol. The summed E-state index contributed by atoms with van der Waals surface area (Å²) in [4.78, 5) is 25.9. The number of rotatable bonds is 2. The van der Waals surface area contributed by atoms with Crippen molar-refractivity contribution >= 4 is 5.91 Å². The van der Waals surface area contributed by atoms with Crippen molar-refractivity contribution in [2.45, 2.75) is 32.9 Å². The van der Waals surface area contributed by atoms with Crippen molar-refractivity contribution in [1.29, 1.82) is 0 Å². The molecule has 1 aromatic rings. The fourth-order valence-electron chi connectivity index (χ4n) is 2.25. The van der Waals surface area contributed by atoms with Gasteiger partial charge < -0.3 is 14.2 Å². The van der Waals surface area contributed by atoms with Crippen LogP contribution in [-0.4, -0.2) is 41.2 Å². The summed E-state index contributed by atoms with van der Waals surface area (Å²) in [5, 5.41) is 0. The molecule has 0 spiro atoms. The first-order valence-corrected chi connectivity index (χ1v) is 6.63. The highest BCUT2D eigenvalue weighted by Gasteiger charge is 2.20. The number of aryl methyl sites for hydroxylation is 1. The second-order valence-electron chi connectivity index (χ2n) is 5.00. The molecule has 2 rings (SSSR count). The number of pyridine rings is 1. The van der Waals surface area contributed by atoms with Crippen molar-refractivity contribution in [1.82, 2.24) is 9.47 Å². The van der Waals surface area contributed by atoms with E-state index < -0.39 is 0 Å². The molecule has 1 saturated heterocycles. The Labute approximate surface area is 112 Å². The number of carbonyl (C=O) groups excluding carboxylic acids is 1. The molecule has 1 aromatic heterocycles. The standard InChI is InChI=1S/C14H20N2O3/c1-11-5-3-6-16(14(11)18)10-13(17)15-7-4-8-19-12(2)9-15/h3,5-6,12H,4,7-10H2,1-2H3. The molecule has 0 radical (unpaired) electrons. The average molecular weight is 264 g/mol. The van der Waals surface area contributed by atoms with Gasteiger partial charge in [0.25, 0.3) is 5.56 Å². The summed E-state index contributed by atoms with van der Waals surface area (Å²) < 4.78 is 6.98. The van der Waals surface area contributed by atoms with Crippen LogP contribution in [0, 0.1) is 6.92 Å². The van der Waals surface area contributed by atoms with E-state index in [-0.39, 0.29) is 24.1 Å². The molecule has 104 valence electrons. The van der Waals surface area contributed by atoms with E-state index in [2.05, 4.69) is 0 Å². The van der Waals surface area contributed by atoms with E-state index in [1.165, 1.54) is 4.57 Å². The molecule has 19 heavy (non-hydrogen) atoms. The molecule has 1 amide bonds. The summed E-state index contributed by atoms with van der Waals surface area (Å²) in [7, 11) is 0. The molecule has 1 fully saturated rings. The van der Waals surface area contributed by atoms with Gasteiger partial charge in [0, 0.05) is 31.5 Å². The average Bonchev–Trinajstić information content (AvgIpc) is 2.60. The number of amides is 1. The van der Waals surface area contributed by atoms with Crippen LogP contribution in [0.2, 0.25) is 0 Å². The van der Waals surface area contributed by atoms with Gasteiger partial charge in [-0.15, -0.1) is 0 Å². The van der Waals surface area contributed by atoms with Crippen LogP contribution in [0.1, 0.15) is 18.9 Å². The zero-order valence-electron chi connectivity index (χ0n) is 11.5. The van der Waals surface area contributed by atoms with Crippen LogP contribution in [0.25, 0.3) is 0 Å². The van der Waals surface area contributed by atoms with Gasteiger partial charge in [-0.25, -0.2) is 0 Å². The predicted molar refractivity (Wildman–Crippen MR) is 72.1 cm³/mol. The summed E-state index contributed by atoms with van der Waals surface area (Å²) in [5.41, 5.74) is 0.554. The van der Waals surface area contributed by atoms with Crippen LogP contribution in [0.5, 0.6) is 0 Å². The molecule has 2 heterocycles. The molecular formula is C14H20N2O3. The lowest BCUT2D eigenvalue weighted by molar-refractivity contribution is -0.132. The minimum absolute atomic E-state index is 0.0231. The number of nitrogens with zero attached hydrogens (tertiary/aromatic N) is 2. The third-order valence-electron chi connectivity index (χ3n) is 3.32. The molecule has 1 aliphatic rings. The minimum atomic E-state index is -0.102. The van der Waals surface area contributed by atoms with Crippen LogP contribution in [-0.2, 0) is 16.1 Å². The zero-order valence-corrected chi connectivity index (χ0v) is 11.5. The molecule has 5 heteroatoms. The lowest BCUT2D eigenvalue weighted by Crippen LogP contribution is -2.39. The molecular weight excluding hydrogens is 244 g/mol. The fraction of sp³-hybridized carbons (Fsp3) is 0.571. The zero-order chi connectivity index (χ0) is 13.8. The van der Waals surface area contributed by atoms with Crippen LogP contribution in [0.4, 0.5) is 0 Å². The maximum atomic E-state index is 12.2. The Hall–Kier alpha value is -1.62. The van der Waals surface area contributed by atoms with Crippen molar-refractivity contribution in [2.75, 3.05) is 19.7 Å². The van der Waals surface area contributed by atoms with Crippen molar-refractivity contribution < 1.29 is 9.53 Å². The molecule has 1 unspecified atom stereocenters. The molecule has 0 aromatic carbocycles. The van der Waals surface area contributed by atoms with E-state index in [4.69, 9.17) is 4.74 Å². The Morgan fingerprint density at radius 2 is 2.32 bits per heavy atom. The lowest BCUT2D eigenvalue weighted by Gasteiger charge is -2.22. The first-order valence-electron chi connectivity index (χ1n) is 6.63. The van der Waals surface area contributed by atoms with Gasteiger partial charge in [0.1, 0.15) is 6.54 Å². The lowest BCUT2D eigenvalue weighted by atomic mass is 10.3. The minimum Gasteiger partial charge on any atom is -0.377 e. The summed E-state index contributed by atoms with van der Waals surface area (Å²) in [5.74, 6) is -0.0231. The fourth-order valence-corrected chi connectivity index (χ4v) is 2.25. The Balaban J connectivity index is 2.08. The van der Waals surface area contributed by atoms with Gasteiger partial charge in [-0.1, -0.05) is 6.07 Å². The Kier molecular flexibility index (Phi) is 4.37. The second kappa shape index (κ2) is 6.02. The molecule has 0 aliphatic carbocycles. The van der Waals surface area contributed by atoms with Gasteiger partial charge in [0.05, 0.1) is 6.10 Å². The van der Waals surface area contributed by atoms with Crippen LogP contribution in [0.15, 0.2) is 23.1 Å². The number of carbonyl (C=O) groups is 1. The van der Waals surface area contributed by atoms with E-state index in [1.54, 1.807) is 30.2 Å². The molecule has 5 nitrogen and oxygen atoms in total. The maximum Gasteiger partial charge on any atom is 0.253 e. The van der Waals surface area contributed by atoms with E-state index in [0.29, 0.717) is 25.3 Å². The summed E-state index contributed by atoms with van der Waals surface area (Å²) >= 11 is 0. The third kappa shape index (κ3) is 3.44. The molecule has 1 atom stereocenters. The van der Waals surface area contributed by atoms with Crippen LogP contribution < -0.4 is 5.56 Å². The molecule has 0 N–H and O–H groups in total. The van der Waals surface area contributed by atoms with Crippen molar-refractivity contribution in [2.24, 2.45) is 0 Å². The first kappa shape index (κ1) is 13.8. The molecule has 0 saturated carbocycles.